The molecule has 158 valence electrons. The number of ether oxygens (including phenoxy) is 2. The number of anilines is 1. The highest BCUT2D eigenvalue weighted by atomic mass is 16.5. The fourth-order valence-electron chi connectivity index (χ4n) is 3.65. The number of methoxy groups -OCH3 is 1. The number of piperidine rings is 1. The van der Waals surface area contributed by atoms with Gasteiger partial charge in [0.2, 0.25) is 5.91 Å². The average molecular weight is 410 g/mol. The van der Waals surface area contributed by atoms with E-state index in [9.17, 15) is 14.4 Å². The maximum absolute atomic E-state index is 13.0. The van der Waals surface area contributed by atoms with E-state index in [4.69, 9.17) is 9.47 Å². The van der Waals surface area contributed by atoms with Crippen molar-refractivity contribution < 1.29 is 23.9 Å². The summed E-state index contributed by atoms with van der Waals surface area (Å²) in [5.74, 6) is -0.853. The Morgan fingerprint density at radius 3 is 2.37 bits per heavy atom. The Balaban J connectivity index is 1.99. The lowest BCUT2D eigenvalue weighted by Gasteiger charge is -2.40. The molecule has 0 aromatic heterocycles. The van der Waals surface area contributed by atoms with Crippen molar-refractivity contribution in [2.24, 2.45) is 5.92 Å². The summed E-state index contributed by atoms with van der Waals surface area (Å²) in [6.07, 6.45) is 0.574. The van der Waals surface area contributed by atoms with Crippen LogP contribution in [0.15, 0.2) is 48.5 Å². The van der Waals surface area contributed by atoms with Gasteiger partial charge in [-0.15, -0.1) is 0 Å². The molecule has 1 aliphatic rings. The van der Waals surface area contributed by atoms with Crippen LogP contribution in [0.1, 0.15) is 30.0 Å². The standard InChI is InChI=1S/C23H26N2O5/c1-15-4-8-17(9-5-15)25-21(27)13-12-19(23(28)30-14-20(26)24-2)22(25)16-6-10-18(29-3)11-7-16/h4-11,19,22H,12-14H2,1-3H3,(H,24,26)/t19-,22+/m0/s1. The summed E-state index contributed by atoms with van der Waals surface area (Å²) in [7, 11) is 3.06. The molecule has 7 nitrogen and oxygen atoms in total. The Bertz CT molecular complexity index is 908. The van der Waals surface area contributed by atoms with Gasteiger partial charge in [-0.05, 0) is 43.2 Å². The van der Waals surface area contributed by atoms with Crippen LogP contribution in [0.3, 0.4) is 0 Å². The molecule has 2 aromatic rings. The maximum Gasteiger partial charge on any atom is 0.311 e. The van der Waals surface area contributed by atoms with Gasteiger partial charge < -0.3 is 19.7 Å². The van der Waals surface area contributed by atoms with E-state index in [-0.39, 0.29) is 24.8 Å². The Labute approximate surface area is 176 Å². The van der Waals surface area contributed by atoms with Gasteiger partial charge in [-0.25, -0.2) is 0 Å². The fourth-order valence-corrected chi connectivity index (χ4v) is 3.65. The summed E-state index contributed by atoms with van der Waals surface area (Å²) in [6.45, 7) is 1.63. The number of benzene rings is 2. The summed E-state index contributed by atoms with van der Waals surface area (Å²) in [6, 6.07) is 14.4. The lowest BCUT2D eigenvalue weighted by atomic mass is 9.83. The summed E-state index contributed by atoms with van der Waals surface area (Å²) in [5, 5.41) is 2.43. The van der Waals surface area contributed by atoms with Crippen LogP contribution in [0, 0.1) is 12.8 Å². The first-order chi connectivity index (χ1) is 14.4. The smallest absolute Gasteiger partial charge is 0.311 e. The van der Waals surface area contributed by atoms with Gasteiger partial charge in [0.15, 0.2) is 6.61 Å². The minimum absolute atomic E-state index is 0.0602. The number of likely N-dealkylation sites (N-methyl/N-ethyl adjacent to an activating group) is 1. The van der Waals surface area contributed by atoms with Crippen LogP contribution in [0.2, 0.25) is 0 Å². The van der Waals surface area contributed by atoms with E-state index >= 15 is 0 Å². The van der Waals surface area contributed by atoms with Gasteiger partial charge in [-0.2, -0.15) is 0 Å². The van der Waals surface area contributed by atoms with E-state index in [1.165, 1.54) is 7.05 Å². The first kappa shape index (κ1) is 21.4. The molecule has 2 amide bonds. The number of nitrogens with one attached hydrogen (secondary N) is 1. The number of esters is 1. The van der Waals surface area contributed by atoms with Gasteiger partial charge in [0, 0.05) is 19.2 Å². The third-order valence-electron chi connectivity index (χ3n) is 5.29. The van der Waals surface area contributed by atoms with Gasteiger partial charge in [-0.1, -0.05) is 29.8 Å². The van der Waals surface area contributed by atoms with Gasteiger partial charge >= 0.3 is 5.97 Å². The number of rotatable bonds is 6. The molecular formula is C23H26N2O5. The summed E-state index contributed by atoms with van der Waals surface area (Å²) in [4.78, 5) is 39.0. The normalized spacial score (nSPS) is 18.6. The van der Waals surface area contributed by atoms with E-state index in [1.807, 2.05) is 43.3 Å². The van der Waals surface area contributed by atoms with Crippen molar-refractivity contribution in [3.05, 3.63) is 59.7 Å². The quantitative estimate of drug-likeness (QED) is 0.741. The third kappa shape index (κ3) is 4.62. The largest absolute Gasteiger partial charge is 0.497 e. The van der Waals surface area contributed by atoms with Crippen LogP contribution in [0.4, 0.5) is 5.69 Å². The van der Waals surface area contributed by atoms with Crippen molar-refractivity contribution in [3.8, 4) is 5.75 Å². The molecule has 1 saturated heterocycles. The molecule has 0 unspecified atom stereocenters. The fraction of sp³-hybridized carbons (Fsp3) is 0.348. The van der Waals surface area contributed by atoms with Crippen molar-refractivity contribution in [1.82, 2.24) is 5.32 Å². The Hall–Kier alpha value is -3.35. The van der Waals surface area contributed by atoms with Crippen LogP contribution < -0.4 is 15.0 Å². The predicted molar refractivity (Wildman–Crippen MR) is 112 cm³/mol. The predicted octanol–water partition coefficient (Wildman–Crippen LogP) is 2.78. The lowest BCUT2D eigenvalue weighted by Crippen LogP contribution is -2.46. The molecule has 1 heterocycles. The number of nitrogens with zero attached hydrogens (tertiary/aromatic N) is 1. The first-order valence-electron chi connectivity index (χ1n) is 9.84. The van der Waals surface area contributed by atoms with E-state index in [0.717, 1.165) is 16.8 Å². The molecule has 1 aliphatic heterocycles. The Morgan fingerprint density at radius 2 is 1.77 bits per heavy atom. The number of carbonyl (C=O) groups is 3. The van der Waals surface area contributed by atoms with Crippen LogP contribution >= 0.6 is 0 Å². The van der Waals surface area contributed by atoms with Crippen molar-refractivity contribution in [2.45, 2.75) is 25.8 Å². The van der Waals surface area contributed by atoms with E-state index < -0.39 is 17.9 Å². The number of hydrogen-bond donors (Lipinski definition) is 1. The molecule has 30 heavy (non-hydrogen) atoms. The van der Waals surface area contributed by atoms with Crippen LogP contribution in [-0.4, -0.2) is 38.5 Å². The van der Waals surface area contributed by atoms with E-state index in [0.29, 0.717) is 12.2 Å². The minimum Gasteiger partial charge on any atom is -0.497 e. The van der Waals surface area contributed by atoms with Gasteiger partial charge in [0.05, 0.1) is 19.1 Å². The molecule has 1 fully saturated rings. The maximum atomic E-state index is 13.0. The molecule has 0 saturated carbocycles. The zero-order valence-electron chi connectivity index (χ0n) is 17.4. The van der Waals surface area contributed by atoms with E-state index in [2.05, 4.69) is 5.32 Å². The molecule has 7 heteroatoms. The molecule has 0 spiro atoms. The van der Waals surface area contributed by atoms with Crippen LogP contribution in [0.5, 0.6) is 5.75 Å². The second-order valence-electron chi connectivity index (χ2n) is 7.24. The topological polar surface area (TPSA) is 84.9 Å². The molecule has 2 aromatic carbocycles. The summed E-state index contributed by atoms with van der Waals surface area (Å²) >= 11 is 0. The highest BCUT2D eigenvalue weighted by molar-refractivity contribution is 5.97. The highest BCUT2D eigenvalue weighted by Crippen LogP contribution is 2.41. The Kier molecular flexibility index (Phi) is 6.72. The molecule has 2 atom stereocenters. The number of hydrogen-bond acceptors (Lipinski definition) is 5. The third-order valence-corrected chi connectivity index (χ3v) is 5.29. The lowest BCUT2D eigenvalue weighted by molar-refractivity contribution is -0.154. The van der Waals surface area contributed by atoms with E-state index in [1.54, 1.807) is 24.1 Å². The first-order valence-corrected chi connectivity index (χ1v) is 9.84. The number of aryl methyl sites for hydroxylation is 1. The zero-order valence-corrected chi connectivity index (χ0v) is 17.4. The number of carbonyl (C=O) groups excluding carboxylic acids is 3. The summed E-state index contributed by atoms with van der Waals surface area (Å²) in [5.41, 5.74) is 2.59. The Morgan fingerprint density at radius 1 is 1.10 bits per heavy atom. The zero-order chi connectivity index (χ0) is 21.7. The van der Waals surface area contributed by atoms with Crippen LogP contribution in [-0.2, 0) is 19.1 Å². The number of amides is 2. The van der Waals surface area contributed by atoms with Gasteiger partial charge in [0.25, 0.3) is 5.91 Å². The second kappa shape index (κ2) is 9.43. The average Bonchev–Trinajstić information content (AvgIpc) is 2.77. The van der Waals surface area contributed by atoms with Crippen molar-refractivity contribution in [2.75, 3.05) is 25.7 Å². The minimum atomic E-state index is -0.595. The van der Waals surface area contributed by atoms with Crippen molar-refractivity contribution in [1.29, 1.82) is 0 Å². The van der Waals surface area contributed by atoms with Gasteiger partial charge in [0.1, 0.15) is 5.75 Å². The monoisotopic (exact) mass is 410 g/mol. The van der Waals surface area contributed by atoms with Crippen molar-refractivity contribution in [3.63, 3.8) is 0 Å². The molecule has 3 rings (SSSR count). The second-order valence-corrected chi connectivity index (χ2v) is 7.24. The van der Waals surface area contributed by atoms with Crippen molar-refractivity contribution >= 4 is 23.5 Å². The molecular weight excluding hydrogens is 384 g/mol. The SMILES string of the molecule is CNC(=O)COC(=O)[C@H]1CCC(=O)N(c2ccc(C)cc2)[C@@H]1c1ccc(OC)cc1. The van der Waals surface area contributed by atoms with Crippen LogP contribution in [0.25, 0.3) is 0 Å². The summed E-state index contributed by atoms with van der Waals surface area (Å²) < 4.78 is 10.5. The highest BCUT2D eigenvalue weighted by Gasteiger charge is 2.42. The molecule has 0 aliphatic carbocycles. The molecule has 0 bridgehead atoms. The van der Waals surface area contributed by atoms with Gasteiger partial charge in [-0.3, -0.25) is 14.4 Å². The molecule has 0 radical (unpaired) electrons. The molecule has 1 N–H and O–H groups in total.